The monoisotopic (exact) mass is 335 g/mol. The number of ether oxygens (including phenoxy) is 2. The van der Waals surface area contributed by atoms with Crippen molar-refractivity contribution < 1.29 is 31.0 Å². The molecule has 0 bridgehead atoms. The molecule has 20 heavy (non-hydrogen) atoms. The summed E-state index contributed by atoms with van der Waals surface area (Å²) in [5.74, 6) is 0. The van der Waals surface area contributed by atoms with Crippen LogP contribution in [-0.2, 0) is 29.2 Å². The molecule has 3 nitrogen and oxygen atoms in total. The first-order valence-electron chi connectivity index (χ1n) is 6.57. The minimum absolute atomic E-state index is 0. The van der Waals surface area contributed by atoms with E-state index in [4.69, 9.17) is 9.47 Å². The zero-order chi connectivity index (χ0) is 13.1. The van der Waals surface area contributed by atoms with Crippen molar-refractivity contribution in [1.82, 2.24) is 0 Å². The van der Waals surface area contributed by atoms with E-state index in [1.165, 1.54) is 16.7 Å². The molecule has 0 fully saturated rings. The normalized spacial score (nSPS) is 15.1. The fourth-order valence-electron chi connectivity index (χ4n) is 2.18. The Hall–Kier alpha value is -1.23. The molecule has 0 unspecified atom stereocenters. The van der Waals surface area contributed by atoms with Gasteiger partial charge in [0.1, 0.15) is 0 Å². The van der Waals surface area contributed by atoms with Gasteiger partial charge in [0.25, 0.3) is 0 Å². The lowest BCUT2D eigenvalue weighted by Gasteiger charge is -2.11. The summed E-state index contributed by atoms with van der Waals surface area (Å²) in [5, 5.41) is 0. The van der Waals surface area contributed by atoms with Crippen molar-refractivity contribution in [3.8, 4) is 0 Å². The van der Waals surface area contributed by atoms with E-state index in [9.17, 15) is 0 Å². The van der Waals surface area contributed by atoms with Crippen LogP contribution in [0.4, 0.5) is 0 Å². The number of benzene rings is 1. The van der Waals surface area contributed by atoms with Crippen molar-refractivity contribution in [3.05, 3.63) is 65.5 Å². The van der Waals surface area contributed by atoms with Crippen molar-refractivity contribution in [3.63, 3.8) is 0 Å². The lowest BCUT2D eigenvalue weighted by Crippen LogP contribution is -3.00. The molecule has 0 amide bonds. The molecule has 0 saturated heterocycles. The van der Waals surface area contributed by atoms with Crippen LogP contribution in [0, 0.1) is 6.92 Å². The maximum absolute atomic E-state index is 5.82. The molecular weight excluding hydrogens is 318 g/mol. The molecule has 3 rings (SSSR count). The third kappa shape index (κ3) is 3.66. The smallest absolute Gasteiger partial charge is 0.218 e. The largest absolute Gasteiger partial charge is 1.00 e. The lowest BCUT2D eigenvalue weighted by atomic mass is 10.1. The van der Waals surface area contributed by atoms with Crippen LogP contribution in [0.15, 0.2) is 48.8 Å². The van der Waals surface area contributed by atoms with Gasteiger partial charge in [-0.25, -0.2) is 0 Å². The summed E-state index contributed by atoms with van der Waals surface area (Å²) in [6.45, 7) is 4.04. The summed E-state index contributed by atoms with van der Waals surface area (Å²) >= 11 is 0. The fourth-order valence-corrected chi connectivity index (χ4v) is 2.18. The van der Waals surface area contributed by atoms with Gasteiger partial charge in [-0.3, -0.25) is 0 Å². The third-order valence-electron chi connectivity index (χ3n) is 3.39. The molecule has 106 valence electrons. The van der Waals surface area contributed by atoms with Crippen LogP contribution in [-0.4, -0.2) is 6.29 Å². The van der Waals surface area contributed by atoms with Crippen LogP contribution in [0.5, 0.6) is 0 Å². The summed E-state index contributed by atoms with van der Waals surface area (Å²) in [6, 6.07) is 12.4. The number of pyridine rings is 1. The van der Waals surface area contributed by atoms with E-state index in [1.807, 2.05) is 12.1 Å². The molecule has 0 radical (unpaired) electrons. The van der Waals surface area contributed by atoms with E-state index in [0.29, 0.717) is 19.8 Å². The van der Waals surface area contributed by atoms with Crippen LogP contribution < -0.4 is 21.5 Å². The van der Waals surface area contributed by atoms with E-state index in [-0.39, 0.29) is 23.3 Å². The fraction of sp³-hybridized carbons (Fsp3) is 0.312. The maximum atomic E-state index is 5.82. The van der Waals surface area contributed by atoms with E-state index in [1.54, 1.807) is 0 Å². The number of halogens is 1. The van der Waals surface area contributed by atoms with Crippen LogP contribution >= 0.6 is 0 Å². The van der Waals surface area contributed by atoms with Crippen LogP contribution in [0.1, 0.15) is 16.7 Å². The van der Waals surface area contributed by atoms with Crippen molar-refractivity contribution >= 4 is 0 Å². The number of hydrogen-bond donors (Lipinski definition) is 0. The molecule has 0 atom stereocenters. The van der Waals surface area contributed by atoms with Gasteiger partial charge in [0, 0.05) is 12.1 Å². The van der Waals surface area contributed by atoms with Gasteiger partial charge in [0.15, 0.2) is 18.9 Å². The first-order valence-corrected chi connectivity index (χ1v) is 6.57. The molecule has 1 aromatic carbocycles. The molecule has 1 aliphatic rings. The Kier molecular flexibility index (Phi) is 5.29. The quantitative estimate of drug-likeness (QED) is 0.681. The number of nitrogens with zero attached hydrogens (tertiary/aromatic N) is 1. The average Bonchev–Trinajstić information content (AvgIpc) is 2.64. The van der Waals surface area contributed by atoms with Gasteiger partial charge in [-0.2, -0.15) is 4.57 Å². The summed E-state index contributed by atoms with van der Waals surface area (Å²) in [4.78, 5) is 0. The Labute approximate surface area is 129 Å². The summed E-state index contributed by atoms with van der Waals surface area (Å²) in [6.07, 6.45) is 3.92. The molecule has 1 aromatic heterocycles. The van der Waals surface area contributed by atoms with Gasteiger partial charge >= 0.3 is 0 Å². The Bertz CT molecular complexity index is 530. The maximum Gasteiger partial charge on any atom is 0.218 e. The van der Waals surface area contributed by atoms with Gasteiger partial charge in [0.05, 0.1) is 13.2 Å². The summed E-state index contributed by atoms with van der Waals surface area (Å²) < 4.78 is 13.7. The topological polar surface area (TPSA) is 22.3 Å². The van der Waals surface area contributed by atoms with E-state index < -0.39 is 0 Å². The second-order valence-electron chi connectivity index (χ2n) is 4.89. The number of fused-ring (bicyclic) bond motifs is 1. The van der Waals surface area contributed by atoms with Gasteiger partial charge in [-0.15, -0.1) is 0 Å². The zero-order valence-corrected chi connectivity index (χ0v) is 13.0. The number of aryl methyl sites for hydroxylation is 1. The van der Waals surface area contributed by atoms with Crippen molar-refractivity contribution in [2.45, 2.75) is 33.0 Å². The van der Waals surface area contributed by atoms with E-state index in [2.05, 4.69) is 48.1 Å². The number of rotatable bonds is 2. The summed E-state index contributed by atoms with van der Waals surface area (Å²) in [5.41, 5.74) is 3.70. The standard InChI is InChI=1S/C16H18NO2.BrH/c1-13-6-8-17(9-7-13)10-16-18-11-14-4-2-3-5-15(14)12-19-16;/h2-9,16H,10-12H2,1H3;1H/q+1;/p-1. The lowest BCUT2D eigenvalue weighted by molar-refractivity contribution is -0.711. The Balaban J connectivity index is 0.00000147. The second-order valence-corrected chi connectivity index (χ2v) is 4.89. The van der Waals surface area contributed by atoms with E-state index >= 15 is 0 Å². The molecular formula is C16H18BrNO2. The molecule has 0 aliphatic carbocycles. The summed E-state index contributed by atoms with van der Waals surface area (Å²) in [7, 11) is 0. The van der Waals surface area contributed by atoms with Crippen molar-refractivity contribution in [2.75, 3.05) is 0 Å². The Morgan fingerprint density at radius 2 is 1.55 bits per heavy atom. The first-order chi connectivity index (χ1) is 9.31. The minimum atomic E-state index is -0.194. The molecule has 4 heteroatoms. The molecule has 0 spiro atoms. The molecule has 0 N–H and O–H groups in total. The van der Waals surface area contributed by atoms with Crippen LogP contribution in [0.2, 0.25) is 0 Å². The first kappa shape index (κ1) is 15.2. The van der Waals surface area contributed by atoms with Crippen LogP contribution in [0.25, 0.3) is 0 Å². The highest BCUT2D eigenvalue weighted by Crippen LogP contribution is 2.17. The SMILES string of the molecule is Cc1cc[n+](CC2OCc3ccccc3CO2)cc1.[Br-]. The zero-order valence-electron chi connectivity index (χ0n) is 11.5. The Morgan fingerprint density at radius 1 is 1.00 bits per heavy atom. The molecule has 1 aliphatic heterocycles. The van der Waals surface area contributed by atoms with Crippen molar-refractivity contribution in [2.24, 2.45) is 0 Å². The van der Waals surface area contributed by atoms with Crippen molar-refractivity contribution in [1.29, 1.82) is 0 Å². The highest BCUT2D eigenvalue weighted by Gasteiger charge is 2.20. The highest BCUT2D eigenvalue weighted by molar-refractivity contribution is 5.26. The third-order valence-corrected chi connectivity index (χ3v) is 3.39. The second kappa shape index (κ2) is 6.97. The van der Waals surface area contributed by atoms with Gasteiger partial charge in [-0.1, -0.05) is 24.3 Å². The Morgan fingerprint density at radius 3 is 2.10 bits per heavy atom. The van der Waals surface area contributed by atoms with Gasteiger partial charge < -0.3 is 26.5 Å². The molecule has 2 heterocycles. The minimum Gasteiger partial charge on any atom is -1.00 e. The van der Waals surface area contributed by atoms with Gasteiger partial charge in [0.2, 0.25) is 6.29 Å². The van der Waals surface area contributed by atoms with Gasteiger partial charge in [-0.05, 0) is 23.6 Å². The average molecular weight is 336 g/mol. The van der Waals surface area contributed by atoms with E-state index in [0.717, 1.165) is 0 Å². The van der Waals surface area contributed by atoms with Crippen LogP contribution in [0.3, 0.4) is 0 Å². The number of hydrogen-bond acceptors (Lipinski definition) is 2. The predicted molar refractivity (Wildman–Crippen MR) is 71.2 cm³/mol. The predicted octanol–water partition coefficient (Wildman–Crippen LogP) is -0.640. The highest BCUT2D eigenvalue weighted by atomic mass is 79.9. The molecule has 0 saturated carbocycles. The molecule has 2 aromatic rings. The number of aromatic nitrogens is 1.